The van der Waals surface area contributed by atoms with Gasteiger partial charge in [-0.2, -0.15) is 5.26 Å². The van der Waals surface area contributed by atoms with Gasteiger partial charge in [0, 0.05) is 0 Å². The molecule has 0 spiro atoms. The van der Waals surface area contributed by atoms with Gasteiger partial charge < -0.3 is 15.2 Å². The third-order valence-electron chi connectivity index (χ3n) is 1.37. The van der Waals surface area contributed by atoms with Crippen LogP contribution in [0.15, 0.2) is 18.2 Å². The van der Waals surface area contributed by atoms with E-state index < -0.39 is 7.12 Å². The second kappa shape index (κ2) is 3.26. The minimum atomic E-state index is -1.66. The Morgan fingerprint density at radius 1 is 1.25 bits per heavy atom. The summed E-state index contributed by atoms with van der Waals surface area (Å²) in [4.78, 5) is 0. The highest BCUT2D eigenvalue weighted by Gasteiger charge is 2.12. The van der Waals surface area contributed by atoms with Gasteiger partial charge in [-0.1, -0.05) is 0 Å². The Kier molecular flexibility index (Phi) is 2.33. The van der Waals surface area contributed by atoms with E-state index >= 15 is 0 Å². The molecule has 0 atom stereocenters. The van der Waals surface area contributed by atoms with Crippen LogP contribution in [0.3, 0.4) is 0 Å². The van der Waals surface area contributed by atoms with Crippen molar-refractivity contribution in [3.05, 3.63) is 23.8 Å². The molecule has 0 saturated heterocycles. The standard InChI is InChI=1S/C7H6BNO3/c9-4-5-1-6(8(11)12)3-7(10)2-5/h1-3,10-12H. The van der Waals surface area contributed by atoms with Gasteiger partial charge in [-0.25, -0.2) is 0 Å². The van der Waals surface area contributed by atoms with E-state index in [0.717, 1.165) is 0 Å². The molecule has 3 N–H and O–H groups in total. The predicted octanol–water partition coefficient (Wildman–Crippen LogP) is -1.06. The van der Waals surface area contributed by atoms with Gasteiger partial charge in [-0.15, -0.1) is 0 Å². The fraction of sp³-hybridized carbons (Fsp3) is 0. The third-order valence-corrected chi connectivity index (χ3v) is 1.37. The Morgan fingerprint density at radius 3 is 2.42 bits per heavy atom. The Balaban J connectivity index is 3.17. The summed E-state index contributed by atoms with van der Waals surface area (Å²) in [7, 11) is -1.66. The second-order valence-electron chi connectivity index (χ2n) is 2.30. The van der Waals surface area contributed by atoms with E-state index in [-0.39, 0.29) is 16.8 Å². The van der Waals surface area contributed by atoms with Crippen LogP contribution in [0.25, 0.3) is 0 Å². The molecule has 1 aromatic carbocycles. The van der Waals surface area contributed by atoms with Crippen LogP contribution in [0.1, 0.15) is 5.56 Å². The molecule has 0 aliphatic carbocycles. The highest BCUT2D eigenvalue weighted by atomic mass is 16.4. The molecule has 0 fully saturated rings. The van der Waals surface area contributed by atoms with E-state index in [2.05, 4.69) is 0 Å². The fourth-order valence-corrected chi connectivity index (χ4v) is 0.848. The van der Waals surface area contributed by atoms with Gasteiger partial charge in [-0.05, 0) is 23.7 Å². The van der Waals surface area contributed by atoms with Crippen molar-refractivity contribution >= 4 is 12.6 Å². The van der Waals surface area contributed by atoms with Gasteiger partial charge in [-0.3, -0.25) is 0 Å². The van der Waals surface area contributed by atoms with Crippen LogP contribution < -0.4 is 5.46 Å². The fourth-order valence-electron chi connectivity index (χ4n) is 0.848. The van der Waals surface area contributed by atoms with Crippen LogP contribution >= 0.6 is 0 Å². The molecule has 0 amide bonds. The zero-order valence-corrected chi connectivity index (χ0v) is 6.10. The van der Waals surface area contributed by atoms with E-state index in [0.29, 0.717) is 0 Å². The lowest BCUT2D eigenvalue weighted by Crippen LogP contribution is -2.29. The molecular weight excluding hydrogens is 157 g/mol. The first-order chi connectivity index (χ1) is 5.63. The highest BCUT2D eigenvalue weighted by molar-refractivity contribution is 6.58. The first-order valence-corrected chi connectivity index (χ1v) is 3.23. The number of rotatable bonds is 1. The number of aromatic hydroxyl groups is 1. The van der Waals surface area contributed by atoms with Crippen LogP contribution in [0.2, 0.25) is 0 Å². The molecule has 1 rings (SSSR count). The molecule has 0 radical (unpaired) electrons. The second-order valence-corrected chi connectivity index (χ2v) is 2.30. The molecule has 1 aromatic rings. The summed E-state index contributed by atoms with van der Waals surface area (Å²) >= 11 is 0. The van der Waals surface area contributed by atoms with Gasteiger partial charge in [0.2, 0.25) is 0 Å². The highest BCUT2D eigenvalue weighted by Crippen LogP contribution is 2.08. The molecule has 12 heavy (non-hydrogen) atoms. The minimum absolute atomic E-state index is 0.103. The summed E-state index contributed by atoms with van der Waals surface area (Å²) in [5.74, 6) is -0.155. The summed E-state index contributed by atoms with van der Waals surface area (Å²) in [5.41, 5.74) is 0.296. The van der Waals surface area contributed by atoms with Crippen LogP contribution in [0.4, 0.5) is 0 Å². The molecule has 60 valence electrons. The maximum atomic E-state index is 9.00. The Morgan fingerprint density at radius 2 is 1.92 bits per heavy atom. The van der Waals surface area contributed by atoms with Crippen LogP contribution in [0.5, 0.6) is 5.75 Å². The zero-order chi connectivity index (χ0) is 9.14. The maximum absolute atomic E-state index is 9.00. The van der Waals surface area contributed by atoms with Crippen molar-refractivity contribution in [1.29, 1.82) is 5.26 Å². The monoisotopic (exact) mass is 163 g/mol. The Bertz CT molecular complexity index is 332. The smallest absolute Gasteiger partial charge is 0.488 e. The number of hydrogen-bond acceptors (Lipinski definition) is 4. The Labute approximate surface area is 69.5 Å². The van der Waals surface area contributed by atoms with Gasteiger partial charge in [0.1, 0.15) is 5.75 Å². The number of phenols is 1. The van der Waals surface area contributed by atoms with Gasteiger partial charge in [0.05, 0.1) is 11.6 Å². The van der Waals surface area contributed by atoms with E-state index in [4.69, 9.17) is 20.4 Å². The summed E-state index contributed by atoms with van der Waals surface area (Å²) in [6.45, 7) is 0. The number of benzene rings is 1. The minimum Gasteiger partial charge on any atom is -0.508 e. The van der Waals surface area contributed by atoms with Gasteiger partial charge in [0.25, 0.3) is 0 Å². The van der Waals surface area contributed by atoms with E-state index in [9.17, 15) is 0 Å². The lowest BCUT2D eigenvalue weighted by molar-refractivity contribution is 0.424. The van der Waals surface area contributed by atoms with Crippen molar-refractivity contribution in [3.8, 4) is 11.8 Å². The lowest BCUT2D eigenvalue weighted by atomic mass is 9.79. The Hall–Kier alpha value is -1.51. The van der Waals surface area contributed by atoms with Gasteiger partial charge >= 0.3 is 7.12 Å². The van der Waals surface area contributed by atoms with Crippen LogP contribution in [-0.4, -0.2) is 22.3 Å². The maximum Gasteiger partial charge on any atom is 0.488 e. The van der Waals surface area contributed by atoms with Gasteiger partial charge in [0.15, 0.2) is 0 Å². The van der Waals surface area contributed by atoms with Crippen LogP contribution in [0, 0.1) is 11.3 Å². The van der Waals surface area contributed by atoms with Crippen molar-refractivity contribution in [2.75, 3.05) is 0 Å². The largest absolute Gasteiger partial charge is 0.508 e. The SMILES string of the molecule is N#Cc1cc(O)cc(B(O)O)c1. The molecule has 0 bridgehead atoms. The molecule has 0 heterocycles. The summed E-state index contributed by atoms with van der Waals surface area (Å²) in [5, 5.41) is 34.9. The number of nitrogens with zero attached hydrogens (tertiary/aromatic N) is 1. The van der Waals surface area contributed by atoms with Crippen LogP contribution in [-0.2, 0) is 0 Å². The van der Waals surface area contributed by atoms with Crippen molar-refractivity contribution < 1.29 is 15.2 Å². The topological polar surface area (TPSA) is 84.5 Å². The van der Waals surface area contributed by atoms with Crippen molar-refractivity contribution in [2.24, 2.45) is 0 Å². The first-order valence-electron chi connectivity index (χ1n) is 3.23. The zero-order valence-electron chi connectivity index (χ0n) is 6.10. The molecular formula is C7H6BNO3. The molecule has 5 heteroatoms. The van der Waals surface area contributed by atoms with E-state index in [1.807, 2.05) is 0 Å². The molecule has 0 aliphatic heterocycles. The van der Waals surface area contributed by atoms with Crippen molar-refractivity contribution in [3.63, 3.8) is 0 Å². The molecule has 0 saturated carbocycles. The van der Waals surface area contributed by atoms with E-state index in [1.54, 1.807) is 6.07 Å². The number of nitriles is 1. The quantitative estimate of drug-likeness (QED) is 0.461. The van der Waals surface area contributed by atoms with Crippen molar-refractivity contribution in [1.82, 2.24) is 0 Å². The average Bonchev–Trinajstić information content (AvgIpc) is 2.03. The summed E-state index contributed by atoms with van der Waals surface area (Å²) in [6.07, 6.45) is 0. The first kappa shape index (κ1) is 8.59. The molecule has 0 aromatic heterocycles. The lowest BCUT2D eigenvalue weighted by Gasteiger charge is -2.00. The molecule has 4 nitrogen and oxygen atoms in total. The third kappa shape index (κ3) is 1.75. The summed E-state index contributed by atoms with van der Waals surface area (Å²) in [6, 6.07) is 5.50. The normalized spacial score (nSPS) is 9.08. The van der Waals surface area contributed by atoms with Crippen molar-refractivity contribution in [2.45, 2.75) is 0 Å². The van der Waals surface area contributed by atoms with E-state index in [1.165, 1.54) is 18.2 Å². The molecule has 0 aliphatic rings. The average molecular weight is 163 g/mol. The summed E-state index contributed by atoms with van der Waals surface area (Å²) < 4.78 is 0. The predicted molar refractivity (Wildman–Crippen MR) is 42.6 cm³/mol. The number of phenolic OH excluding ortho intramolecular Hbond substituents is 1. The molecule has 0 unspecified atom stereocenters. The number of hydrogen-bond donors (Lipinski definition) is 3.